The van der Waals surface area contributed by atoms with Crippen LogP contribution in [-0.4, -0.2) is 45.1 Å². The number of thiophene rings is 1. The van der Waals surface area contributed by atoms with Crippen LogP contribution in [0.1, 0.15) is 17.0 Å². The van der Waals surface area contributed by atoms with E-state index >= 15 is 0 Å². The molecule has 160 valence electrons. The number of likely N-dealkylation sites (N-methyl/N-ethyl adjacent to an activating group) is 1. The van der Waals surface area contributed by atoms with Crippen LogP contribution in [0.5, 0.6) is 5.75 Å². The molecule has 0 aliphatic heterocycles. The zero-order chi connectivity index (χ0) is 21.9. The Morgan fingerprint density at radius 3 is 2.43 bits per heavy atom. The number of carbonyl (C=O) groups is 1. The molecule has 0 saturated heterocycles. The van der Waals surface area contributed by atoms with Crippen molar-refractivity contribution in [1.29, 1.82) is 0 Å². The molecule has 2 aromatic heterocycles. The van der Waals surface area contributed by atoms with Crippen molar-refractivity contribution in [1.82, 2.24) is 10.1 Å². The second-order valence-electron chi connectivity index (χ2n) is 6.74. The predicted molar refractivity (Wildman–Crippen MR) is 114 cm³/mol. The zero-order valence-electron chi connectivity index (χ0n) is 17.2. The number of ether oxygens (including phenoxy) is 1. The number of amides is 1. The Bertz CT molecular complexity index is 1090. The lowest BCUT2D eigenvalue weighted by atomic mass is 10.2. The number of aryl methyl sites for hydroxylation is 2. The molecule has 0 atom stereocenters. The number of rotatable bonds is 8. The smallest absolute Gasteiger partial charge is 0.273 e. The van der Waals surface area contributed by atoms with E-state index in [-0.39, 0.29) is 16.7 Å². The molecular weight excluding hydrogens is 426 g/mol. The largest absolute Gasteiger partial charge is 0.484 e. The van der Waals surface area contributed by atoms with Crippen LogP contribution in [0.15, 0.2) is 50.5 Å². The topological polar surface area (TPSA) is 93.0 Å². The molecule has 0 bridgehead atoms. The number of hydrogen-bond donors (Lipinski definition) is 0. The van der Waals surface area contributed by atoms with Crippen molar-refractivity contribution in [3.8, 4) is 5.75 Å². The molecular formula is C20H23N3O5S2. The van der Waals surface area contributed by atoms with Crippen LogP contribution in [0.4, 0.5) is 5.69 Å². The highest BCUT2D eigenvalue weighted by Crippen LogP contribution is 2.26. The first-order valence-corrected chi connectivity index (χ1v) is 11.4. The maximum absolute atomic E-state index is 12.6. The van der Waals surface area contributed by atoms with Gasteiger partial charge in [0.1, 0.15) is 15.7 Å². The Morgan fingerprint density at radius 1 is 1.17 bits per heavy atom. The van der Waals surface area contributed by atoms with E-state index in [0.717, 1.165) is 11.3 Å². The zero-order valence-corrected chi connectivity index (χ0v) is 18.8. The van der Waals surface area contributed by atoms with E-state index in [1.165, 1.54) is 22.7 Å². The first-order chi connectivity index (χ1) is 14.2. The maximum Gasteiger partial charge on any atom is 0.273 e. The van der Waals surface area contributed by atoms with Gasteiger partial charge in [0.05, 0.1) is 17.9 Å². The van der Waals surface area contributed by atoms with E-state index in [1.807, 2.05) is 6.92 Å². The summed E-state index contributed by atoms with van der Waals surface area (Å²) >= 11 is 1.17. The van der Waals surface area contributed by atoms with E-state index in [4.69, 9.17) is 9.26 Å². The van der Waals surface area contributed by atoms with Crippen LogP contribution in [0.2, 0.25) is 0 Å². The molecule has 0 N–H and O–H groups in total. The molecule has 0 fully saturated rings. The Labute approximate surface area is 179 Å². The van der Waals surface area contributed by atoms with Gasteiger partial charge in [-0.15, -0.1) is 11.3 Å². The monoisotopic (exact) mass is 449 g/mol. The van der Waals surface area contributed by atoms with Gasteiger partial charge < -0.3 is 14.2 Å². The molecule has 0 aliphatic rings. The first kappa shape index (κ1) is 21.8. The van der Waals surface area contributed by atoms with E-state index < -0.39 is 10.0 Å². The summed E-state index contributed by atoms with van der Waals surface area (Å²) in [5.41, 5.74) is 2.13. The summed E-state index contributed by atoms with van der Waals surface area (Å²) in [6.07, 6.45) is 0. The summed E-state index contributed by atoms with van der Waals surface area (Å²) < 4.78 is 37.4. The SMILES string of the molecule is Cc1noc(C)c1CN(C)C(=O)COc1ccc(N(C)S(=O)(=O)c2cccs2)cc1. The van der Waals surface area contributed by atoms with Crippen molar-refractivity contribution >= 4 is 33.0 Å². The molecule has 0 spiro atoms. The Morgan fingerprint density at radius 2 is 1.87 bits per heavy atom. The van der Waals surface area contributed by atoms with Gasteiger partial charge in [0.15, 0.2) is 6.61 Å². The molecule has 8 nitrogen and oxygen atoms in total. The molecule has 0 unspecified atom stereocenters. The number of aromatic nitrogens is 1. The fourth-order valence-corrected chi connectivity index (χ4v) is 5.10. The molecule has 30 heavy (non-hydrogen) atoms. The molecule has 10 heteroatoms. The highest BCUT2D eigenvalue weighted by Gasteiger charge is 2.22. The number of carbonyl (C=O) groups excluding carboxylic acids is 1. The van der Waals surface area contributed by atoms with E-state index in [0.29, 0.717) is 23.7 Å². The average molecular weight is 450 g/mol. The van der Waals surface area contributed by atoms with Crippen LogP contribution in [0.25, 0.3) is 0 Å². The lowest BCUT2D eigenvalue weighted by molar-refractivity contribution is -0.132. The molecule has 1 amide bonds. The summed E-state index contributed by atoms with van der Waals surface area (Å²) in [6, 6.07) is 9.81. The van der Waals surface area contributed by atoms with Crippen molar-refractivity contribution in [2.24, 2.45) is 0 Å². The van der Waals surface area contributed by atoms with Crippen molar-refractivity contribution in [2.45, 2.75) is 24.6 Å². The van der Waals surface area contributed by atoms with Gasteiger partial charge in [-0.1, -0.05) is 11.2 Å². The second-order valence-corrected chi connectivity index (χ2v) is 9.88. The summed E-state index contributed by atoms with van der Waals surface area (Å²) in [7, 11) is -0.409. The molecule has 3 rings (SSSR count). The third-order valence-electron chi connectivity index (χ3n) is 4.67. The van der Waals surface area contributed by atoms with Gasteiger partial charge in [-0.2, -0.15) is 0 Å². The number of hydrogen-bond acceptors (Lipinski definition) is 7. The maximum atomic E-state index is 12.6. The van der Waals surface area contributed by atoms with Gasteiger partial charge in [-0.3, -0.25) is 9.10 Å². The van der Waals surface area contributed by atoms with Gasteiger partial charge in [0.2, 0.25) is 0 Å². The van der Waals surface area contributed by atoms with Crippen LogP contribution < -0.4 is 9.04 Å². The molecule has 0 aliphatic carbocycles. The first-order valence-electron chi connectivity index (χ1n) is 9.11. The highest BCUT2D eigenvalue weighted by molar-refractivity contribution is 7.94. The third kappa shape index (κ3) is 4.65. The third-order valence-corrected chi connectivity index (χ3v) is 7.83. The van der Waals surface area contributed by atoms with E-state index in [2.05, 4.69) is 5.16 Å². The van der Waals surface area contributed by atoms with Crippen molar-refractivity contribution < 1.29 is 22.5 Å². The highest BCUT2D eigenvalue weighted by atomic mass is 32.2. The molecule has 1 aromatic carbocycles. The number of anilines is 1. The van der Waals surface area contributed by atoms with E-state index in [9.17, 15) is 13.2 Å². The van der Waals surface area contributed by atoms with Crippen LogP contribution in [0, 0.1) is 13.8 Å². The molecule has 3 aromatic rings. The van der Waals surface area contributed by atoms with Gasteiger partial charge in [0, 0.05) is 19.7 Å². The normalized spacial score (nSPS) is 11.3. The standard InChI is InChI=1S/C20H23N3O5S2/c1-14-18(15(2)28-21-14)12-22(3)19(24)13-27-17-9-7-16(8-10-17)23(4)30(25,26)20-6-5-11-29-20/h5-11H,12-13H2,1-4H3. The summed E-state index contributed by atoms with van der Waals surface area (Å²) in [5.74, 6) is 0.960. The van der Waals surface area contributed by atoms with Crippen molar-refractivity contribution in [3.05, 3.63) is 58.8 Å². The van der Waals surface area contributed by atoms with Gasteiger partial charge in [-0.05, 0) is 49.6 Å². The summed E-state index contributed by atoms with van der Waals surface area (Å²) in [4.78, 5) is 13.9. The number of sulfonamides is 1. The lowest BCUT2D eigenvalue weighted by Crippen LogP contribution is -2.31. The Kier molecular flexibility index (Phi) is 6.47. The fraction of sp³-hybridized carbons (Fsp3) is 0.300. The van der Waals surface area contributed by atoms with Gasteiger partial charge in [0.25, 0.3) is 15.9 Å². The lowest BCUT2D eigenvalue weighted by Gasteiger charge is -2.19. The van der Waals surface area contributed by atoms with Crippen molar-refractivity contribution in [3.63, 3.8) is 0 Å². The van der Waals surface area contributed by atoms with Gasteiger partial charge >= 0.3 is 0 Å². The molecule has 0 radical (unpaired) electrons. The fourth-order valence-electron chi connectivity index (χ4n) is 2.74. The Hall–Kier alpha value is -2.85. The predicted octanol–water partition coefficient (Wildman–Crippen LogP) is 3.22. The average Bonchev–Trinajstić information content (AvgIpc) is 3.38. The Balaban J connectivity index is 1.58. The number of nitrogens with zero attached hydrogens (tertiary/aromatic N) is 3. The summed E-state index contributed by atoms with van der Waals surface area (Å²) in [6.45, 7) is 3.88. The quantitative estimate of drug-likeness (QED) is 0.524. The minimum Gasteiger partial charge on any atom is -0.484 e. The second kappa shape index (κ2) is 8.88. The minimum absolute atomic E-state index is 0.136. The summed E-state index contributed by atoms with van der Waals surface area (Å²) in [5, 5.41) is 5.61. The van der Waals surface area contributed by atoms with Crippen LogP contribution in [0.3, 0.4) is 0 Å². The van der Waals surface area contributed by atoms with Crippen LogP contribution >= 0.6 is 11.3 Å². The molecule has 2 heterocycles. The van der Waals surface area contributed by atoms with Crippen LogP contribution in [-0.2, 0) is 21.4 Å². The van der Waals surface area contributed by atoms with Crippen molar-refractivity contribution in [2.75, 3.05) is 25.0 Å². The van der Waals surface area contributed by atoms with Gasteiger partial charge in [-0.25, -0.2) is 8.42 Å². The minimum atomic E-state index is -3.59. The molecule has 0 saturated carbocycles. The van der Waals surface area contributed by atoms with E-state index in [1.54, 1.807) is 60.6 Å². The number of benzene rings is 1.